The Labute approximate surface area is 82.3 Å². The third-order valence-corrected chi connectivity index (χ3v) is 3.83. The molecule has 1 aliphatic heterocycles. The highest BCUT2D eigenvalue weighted by molar-refractivity contribution is 5.01. The van der Waals surface area contributed by atoms with Crippen molar-refractivity contribution < 1.29 is 0 Å². The van der Waals surface area contributed by atoms with Crippen LogP contribution in [0.25, 0.3) is 0 Å². The van der Waals surface area contributed by atoms with Gasteiger partial charge in [-0.2, -0.15) is 0 Å². The molecular weight excluding hydrogens is 158 g/mol. The van der Waals surface area contributed by atoms with Gasteiger partial charge in [-0.3, -0.25) is 0 Å². The third-order valence-electron chi connectivity index (χ3n) is 3.83. The maximum Gasteiger partial charge on any atom is 0.0209 e. The van der Waals surface area contributed by atoms with Crippen LogP contribution < -0.4 is 5.32 Å². The first-order valence-corrected chi connectivity index (χ1v) is 6.12. The van der Waals surface area contributed by atoms with Crippen molar-refractivity contribution >= 4 is 0 Å². The summed E-state index contributed by atoms with van der Waals surface area (Å²) in [4.78, 5) is 0. The highest BCUT2D eigenvalue weighted by Gasteiger charge is 2.43. The van der Waals surface area contributed by atoms with Gasteiger partial charge in [-0.15, -0.1) is 0 Å². The molecule has 2 fully saturated rings. The Bertz CT molecular complexity index is 153. The van der Waals surface area contributed by atoms with Crippen molar-refractivity contribution in [1.29, 1.82) is 0 Å². The zero-order valence-corrected chi connectivity index (χ0v) is 8.94. The van der Waals surface area contributed by atoms with Gasteiger partial charge in [0.15, 0.2) is 0 Å². The molecule has 1 heteroatoms. The van der Waals surface area contributed by atoms with Crippen molar-refractivity contribution in [2.45, 2.75) is 63.8 Å². The summed E-state index contributed by atoms with van der Waals surface area (Å²) in [5, 5.41) is 3.86. The van der Waals surface area contributed by atoms with Crippen LogP contribution in [0.4, 0.5) is 0 Å². The summed E-state index contributed by atoms with van der Waals surface area (Å²) in [6.07, 6.45) is 11.5. The molecule has 1 N–H and O–H groups in total. The molecule has 1 saturated heterocycles. The summed E-state index contributed by atoms with van der Waals surface area (Å²) in [5.74, 6) is 1.03. The van der Waals surface area contributed by atoms with E-state index in [1.165, 1.54) is 57.9 Å². The van der Waals surface area contributed by atoms with Crippen molar-refractivity contribution in [2.24, 2.45) is 5.92 Å². The molecule has 2 aliphatic rings. The summed E-state index contributed by atoms with van der Waals surface area (Å²) in [6.45, 7) is 3.60. The summed E-state index contributed by atoms with van der Waals surface area (Å²) in [6, 6.07) is 0. The Hall–Kier alpha value is -0.0400. The fraction of sp³-hybridized carbons (Fsp3) is 1.00. The minimum Gasteiger partial charge on any atom is -0.311 e. The van der Waals surface area contributed by atoms with Gasteiger partial charge >= 0.3 is 0 Å². The van der Waals surface area contributed by atoms with E-state index in [4.69, 9.17) is 0 Å². The smallest absolute Gasteiger partial charge is 0.0209 e. The number of hydrogen-bond donors (Lipinski definition) is 1. The molecular formula is C12H23N. The van der Waals surface area contributed by atoms with Gasteiger partial charge in [-0.1, -0.05) is 26.2 Å². The molecule has 0 bridgehead atoms. The second-order valence-electron chi connectivity index (χ2n) is 4.92. The molecule has 0 radical (unpaired) electrons. The second kappa shape index (κ2) is 4.00. The molecule has 1 atom stereocenters. The summed E-state index contributed by atoms with van der Waals surface area (Å²) in [7, 11) is 0. The van der Waals surface area contributed by atoms with Crippen LogP contribution >= 0.6 is 0 Å². The molecule has 0 spiro atoms. The first kappa shape index (κ1) is 9.51. The zero-order valence-electron chi connectivity index (χ0n) is 8.94. The van der Waals surface area contributed by atoms with Gasteiger partial charge in [-0.25, -0.2) is 0 Å². The van der Waals surface area contributed by atoms with Gasteiger partial charge in [0.2, 0.25) is 0 Å². The predicted molar refractivity (Wildman–Crippen MR) is 56.8 cm³/mol. The first-order chi connectivity index (χ1) is 6.37. The molecule has 13 heavy (non-hydrogen) atoms. The van der Waals surface area contributed by atoms with Crippen LogP contribution in [0.1, 0.15) is 58.3 Å². The fourth-order valence-corrected chi connectivity index (χ4v) is 3.02. The average molecular weight is 181 g/mol. The van der Waals surface area contributed by atoms with Crippen molar-refractivity contribution in [1.82, 2.24) is 5.32 Å². The fourth-order valence-electron chi connectivity index (χ4n) is 3.02. The third kappa shape index (κ3) is 2.07. The van der Waals surface area contributed by atoms with Gasteiger partial charge in [-0.05, 0) is 44.6 Å². The number of rotatable bonds is 3. The minimum atomic E-state index is 0.575. The lowest BCUT2D eigenvalue weighted by atomic mass is 9.84. The monoisotopic (exact) mass is 181 g/mol. The predicted octanol–water partition coefficient (Wildman–Crippen LogP) is 3.10. The number of hydrogen-bond acceptors (Lipinski definition) is 1. The van der Waals surface area contributed by atoms with Gasteiger partial charge in [0.25, 0.3) is 0 Å². The molecule has 1 aliphatic carbocycles. The van der Waals surface area contributed by atoms with E-state index in [0.29, 0.717) is 5.54 Å². The van der Waals surface area contributed by atoms with E-state index in [1.54, 1.807) is 0 Å². The van der Waals surface area contributed by atoms with Crippen LogP contribution in [0.5, 0.6) is 0 Å². The van der Waals surface area contributed by atoms with E-state index in [1.807, 2.05) is 0 Å². The molecule has 1 unspecified atom stereocenters. The zero-order chi connectivity index (χ0) is 9.15. The summed E-state index contributed by atoms with van der Waals surface area (Å²) < 4.78 is 0. The molecule has 1 saturated carbocycles. The van der Waals surface area contributed by atoms with Crippen LogP contribution in [0.2, 0.25) is 0 Å². The average Bonchev–Trinajstić information content (AvgIpc) is 2.92. The van der Waals surface area contributed by atoms with Gasteiger partial charge < -0.3 is 5.32 Å². The highest BCUT2D eigenvalue weighted by Crippen LogP contribution is 2.45. The molecule has 1 heterocycles. The largest absolute Gasteiger partial charge is 0.311 e. The maximum atomic E-state index is 3.86. The van der Waals surface area contributed by atoms with E-state index in [9.17, 15) is 0 Å². The van der Waals surface area contributed by atoms with Crippen LogP contribution in [0, 0.1) is 5.92 Å². The van der Waals surface area contributed by atoms with Gasteiger partial charge in [0.05, 0.1) is 0 Å². The van der Waals surface area contributed by atoms with E-state index in [2.05, 4.69) is 12.2 Å². The normalized spacial score (nSPS) is 35.8. The molecule has 76 valence electrons. The van der Waals surface area contributed by atoms with Crippen LogP contribution in [0.15, 0.2) is 0 Å². The van der Waals surface area contributed by atoms with Crippen molar-refractivity contribution in [3.8, 4) is 0 Å². The van der Waals surface area contributed by atoms with Crippen molar-refractivity contribution in [3.05, 3.63) is 0 Å². The van der Waals surface area contributed by atoms with Gasteiger partial charge in [0, 0.05) is 5.54 Å². The van der Waals surface area contributed by atoms with Crippen molar-refractivity contribution in [2.75, 3.05) is 6.54 Å². The molecule has 0 aromatic heterocycles. The SMILES string of the molecule is CCCC1(C2CC2)CCCCCN1. The lowest BCUT2D eigenvalue weighted by Crippen LogP contribution is -2.46. The molecule has 1 nitrogen and oxygen atoms in total. The van der Waals surface area contributed by atoms with E-state index < -0.39 is 0 Å². The Morgan fingerprint density at radius 2 is 2.08 bits per heavy atom. The molecule has 0 aromatic carbocycles. The molecule has 2 rings (SSSR count). The van der Waals surface area contributed by atoms with E-state index >= 15 is 0 Å². The first-order valence-electron chi connectivity index (χ1n) is 6.12. The number of nitrogens with one attached hydrogen (secondary N) is 1. The topological polar surface area (TPSA) is 12.0 Å². The Morgan fingerprint density at radius 1 is 1.23 bits per heavy atom. The van der Waals surface area contributed by atoms with E-state index in [-0.39, 0.29) is 0 Å². The minimum absolute atomic E-state index is 0.575. The second-order valence-corrected chi connectivity index (χ2v) is 4.92. The summed E-state index contributed by atoms with van der Waals surface area (Å²) in [5.41, 5.74) is 0.575. The Balaban J connectivity index is 2.00. The highest BCUT2D eigenvalue weighted by atomic mass is 15.0. The van der Waals surface area contributed by atoms with Crippen LogP contribution in [0.3, 0.4) is 0 Å². The molecule has 0 aromatic rings. The van der Waals surface area contributed by atoms with E-state index in [0.717, 1.165) is 5.92 Å². The quantitative estimate of drug-likeness (QED) is 0.705. The lowest BCUT2D eigenvalue weighted by molar-refractivity contribution is 0.251. The summed E-state index contributed by atoms with van der Waals surface area (Å²) >= 11 is 0. The molecule has 0 amide bonds. The Kier molecular flexibility index (Phi) is 2.92. The lowest BCUT2D eigenvalue weighted by Gasteiger charge is -2.34. The van der Waals surface area contributed by atoms with Crippen molar-refractivity contribution in [3.63, 3.8) is 0 Å². The Morgan fingerprint density at radius 3 is 2.77 bits per heavy atom. The standard InChI is InChI=1S/C12H23N/c1-2-8-12(11-6-7-11)9-4-3-5-10-13-12/h11,13H,2-10H2,1H3. The maximum absolute atomic E-state index is 3.86. The van der Waals surface area contributed by atoms with Crippen LogP contribution in [-0.4, -0.2) is 12.1 Å². The van der Waals surface area contributed by atoms with Crippen LogP contribution in [-0.2, 0) is 0 Å². The van der Waals surface area contributed by atoms with Gasteiger partial charge in [0.1, 0.15) is 0 Å².